The Balaban J connectivity index is 3.65. The lowest BCUT2D eigenvalue weighted by atomic mass is 9.90. The fourth-order valence-electron chi connectivity index (χ4n) is 1.81. The largest absolute Gasteiger partial charge is 0.101 e. The average molecular weight is 186 g/mol. The van der Waals surface area contributed by atoms with Gasteiger partial charge >= 0.3 is 0 Å². The minimum atomic E-state index is 1.22. The fraction of sp³-hybridized carbons (Fsp3) is 0.429. The van der Waals surface area contributed by atoms with Gasteiger partial charge in [-0.05, 0) is 69.4 Å². The molecule has 1 aromatic rings. The Labute approximate surface area is 87.4 Å². The van der Waals surface area contributed by atoms with Crippen LogP contribution in [0, 0.1) is 46.5 Å². The molecular weight excluding hydrogens is 168 g/mol. The minimum absolute atomic E-state index is 1.22. The van der Waals surface area contributed by atoms with Crippen molar-refractivity contribution >= 4 is 0 Å². The molecule has 0 spiro atoms. The van der Waals surface area contributed by atoms with Gasteiger partial charge in [-0.1, -0.05) is 5.92 Å². The van der Waals surface area contributed by atoms with E-state index in [2.05, 4.69) is 46.5 Å². The molecule has 14 heavy (non-hydrogen) atoms. The van der Waals surface area contributed by atoms with Crippen LogP contribution in [0.5, 0.6) is 0 Å². The first-order valence-electron chi connectivity index (χ1n) is 5.00. The summed E-state index contributed by atoms with van der Waals surface area (Å²) in [6, 6.07) is 0. The van der Waals surface area contributed by atoms with Gasteiger partial charge in [-0.25, -0.2) is 0 Å². The fourth-order valence-corrected chi connectivity index (χ4v) is 1.81. The summed E-state index contributed by atoms with van der Waals surface area (Å²) >= 11 is 0. The summed E-state index contributed by atoms with van der Waals surface area (Å²) in [4.78, 5) is 0. The maximum atomic E-state index is 3.20. The summed E-state index contributed by atoms with van der Waals surface area (Å²) in [7, 11) is 0. The molecule has 0 aliphatic rings. The second-order valence-electron chi connectivity index (χ2n) is 3.88. The zero-order valence-electron chi connectivity index (χ0n) is 10.0. The maximum Gasteiger partial charge on any atom is 0.0309 e. The van der Waals surface area contributed by atoms with Crippen LogP contribution in [0.25, 0.3) is 0 Å². The number of hydrogen-bond donors (Lipinski definition) is 0. The highest BCUT2D eigenvalue weighted by Gasteiger charge is 2.09. The van der Waals surface area contributed by atoms with Gasteiger partial charge < -0.3 is 0 Å². The molecule has 1 aromatic carbocycles. The third-order valence-corrected chi connectivity index (χ3v) is 3.25. The van der Waals surface area contributed by atoms with Crippen LogP contribution in [-0.2, 0) is 0 Å². The van der Waals surface area contributed by atoms with Crippen molar-refractivity contribution in [2.24, 2.45) is 0 Å². The number of hydrogen-bond acceptors (Lipinski definition) is 0. The summed E-state index contributed by atoms with van der Waals surface area (Å²) in [6.45, 7) is 12.8. The molecule has 0 heteroatoms. The smallest absolute Gasteiger partial charge is 0.0309 e. The molecule has 0 heterocycles. The monoisotopic (exact) mass is 186 g/mol. The van der Waals surface area contributed by atoms with Gasteiger partial charge in [0.1, 0.15) is 0 Å². The van der Waals surface area contributed by atoms with E-state index in [4.69, 9.17) is 0 Å². The van der Waals surface area contributed by atoms with Gasteiger partial charge in [0.05, 0.1) is 0 Å². The van der Waals surface area contributed by atoms with Gasteiger partial charge in [0.2, 0.25) is 0 Å². The van der Waals surface area contributed by atoms with Crippen LogP contribution in [0.1, 0.15) is 40.3 Å². The first-order valence-corrected chi connectivity index (χ1v) is 5.00. The molecule has 0 unspecified atom stereocenters. The van der Waals surface area contributed by atoms with Crippen molar-refractivity contribution in [1.82, 2.24) is 0 Å². The van der Waals surface area contributed by atoms with Crippen LogP contribution in [-0.4, -0.2) is 0 Å². The van der Waals surface area contributed by atoms with E-state index in [0.29, 0.717) is 0 Å². The third kappa shape index (κ3) is 1.55. The highest BCUT2D eigenvalue weighted by atomic mass is 14.1. The van der Waals surface area contributed by atoms with Crippen molar-refractivity contribution in [2.45, 2.75) is 41.5 Å². The molecule has 0 aromatic heterocycles. The minimum Gasteiger partial charge on any atom is -0.101 e. The van der Waals surface area contributed by atoms with Gasteiger partial charge in [0.15, 0.2) is 0 Å². The molecule has 0 fully saturated rings. The Morgan fingerprint density at radius 1 is 0.643 bits per heavy atom. The van der Waals surface area contributed by atoms with Crippen molar-refractivity contribution < 1.29 is 0 Å². The van der Waals surface area contributed by atoms with Crippen LogP contribution < -0.4 is 0 Å². The maximum absolute atomic E-state index is 3.20. The summed E-state index contributed by atoms with van der Waals surface area (Å²) in [5, 5.41) is 0. The van der Waals surface area contributed by atoms with Crippen molar-refractivity contribution in [1.29, 1.82) is 0 Å². The second kappa shape index (κ2) is 3.88. The first kappa shape index (κ1) is 10.9. The summed E-state index contributed by atoms with van der Waals surface area (Å²) in [5.41, 5.74) is 8.05. The van der Waals surface area contributed by atoms with E-state index in [1.54, 1.807) is 0 Å². The SMILES string of the molecule is CC#Cc1c(C)c(C)c(C)c(C)c1C. The molecular formula is C14H18. The van der Waals surface area contributed by atoms with Gasteiger partial charge in [0, 0.05) is 5.56 Å². The van der Waals surface area contributed by atoms with E-state index >= 15 is 0 Å². The molecule has 0 nitrogen and oxygen atoms in total. The summed E-state index contributed by atoms with van der Waals surface area (Å²) < 4.78 is 0. The van der Waals surface area contributed by atoms with Crippen LogP contribution in [0.2, 0.25) is 0 Å². The highest BCUT2D eigenvalue weighted by Crippen LogP contribution is 2.25. The Morgan fingerprint density at radius 3 is 1.36 bits per heavy atom. The van der Waals surface area contributed by atoms with E-state index in [-0.39, 0.29) is 0 Å². The van der Waals surface area contributed by atoms with Crippen LogP contribution in [0.15, 0.2) is 0 Å². The van der Waals surface area contributed by atoms with Crippen LogP contribution >= 0.6 is 0 Å². The van der Waals surface area contributed by atoms with Crippen LogP contribution in [0.4, 0.5) is 0 Å². The van der Waals surface area contributed by atoms with E-state index in [1.807, 2.05) is 6.92 Å². The topological polar surface area (TPSA) is 0 Å². The lowest BCUT2D eigenvalue weighted by molar-refractivity contribution is 1.16. The molecule has 0 atom stereocenters. The normalized spacial score (nSPS) is 9.57. The average Bonchev–Trinajstić information content (AvgIpc) is 2.19. The van der Waals surface area contributed by atoms with E-state index in [0.717, 1.165) is 0 Å². The van der Waals surface area contributed by atoms with Crippen molar-refractivity contribution in [3.63, 3.8) is 0 Å². The molecule has 0 saturated heterocycles. The molecule has 1 rings (SSSR count). The Hall–Kier alpha value is -1.22. The summed E-state index contributed by atoms with van der Waals surface area (Å²) in [5.74, 6) is 6.19. The van der Waals surface area contributed by atoms with Crippen molar-refractivity contribution in [2.75, 3.05) is 0 Å². The molecule has 0 aliphatic heterocycles. The van der Waals surface area contributed by atoms with Gasteiger partial charge in [-0.3, -0.25) is 0 Å². The molecule has 0 saturated carbocycles. The molecule has 0 radical (unpaired) electrons. The van der Waals surface area contributed by atoms with Crippen molar-refractivity contribution in [3.8, 4) is 11.8 Å². The molecule has 0 amide bonds. The van der Waals surface area contributed by atoms with E-state index in [1.165, 1.54) is 33.4 Å². The van der Waals surface area contributed by atoms with Gasteiger partial charge in [-0.2, -0.15) is 0 Å². The van der Waals surface area contributed by atoms with E-state index < -0.39 is 0 Å². The molecule has 0 N–H and O–H groups in total. The Kier molecular flexibility index (Phi) is 3.01. The molecule has 0 aliphatic carbocycles. The summed E-state index contributed by atoms with van der Waals surface area (Å²) in [6.07, 6.45) is 0. The predicted octanol–water partition coefficient (Wildman–Crippen LogP) is 3.60. The van der Waals surface area contributed by atoms with Crippen molar-refractivity contribution in [3.05, 3.63) is 33.4 Å². The number of rotatable bonds is 0. The van der Waals surface area contributed by atoms with Gasteiger partial charge in [-0.15, -0.1) is 5.92 Å². The lowest BCUT2D eigenvalue weighted by Gasteiger charge is -2.14. The van der Waals surface area contributed by atoms with E-state index in [9.17, 15) is 0 Å². The zero-order chi connectivity index (χ0) is 10.9. The third-order valence-electron chi connectivity index (χ3n) is 3.25. The zero-order valence-corrected chi connectivity index (χ0v) is 10.0. The number of benzene rings is 1. The molecule has 74 valence electrons. The standard InChI is InChI=1S/C14H18/c1-7-8-14-12(5)10(3)9(2)11(4)13(14)6/h1-6H3. The highest BCUT2D eigenvalue weighted by molar-refractivity contribution is 5.56. The Bertz CT molecular complexity index is 397. The Morgan fingerprint density at radius 2 is 1.00 bits per heavy atom. The predicted molar refractivity (Wildman–Crippen MR) is 62.7 cm³/mol. The van der Waals surface area contributed by atoms with Gasteiger partial charge in [0.25, 0.3) is 0 Å². The molecule has 0 bridgehead atoms. The van der Waals surface area contributed by atoms with Crippen LogP contribution in [0.3, 0.4) is 0 Å². The quantitative estimate of drug-likeness (QED) is 0.543. The second-order valence-corrected chi connectivity index (χ2v) is 3.88. The first-order chi connectivity index (χ1) is 6.50. The lowest BCUT2D eigenvalue weighted by Crippen LogP contribution is -1.99.